The summed E-state index contributed by atoms with van der Waals surface area (Å²) in [6.07, 6.45) is 1.68. The maximum atomic E-state index is 13.5. The van der Waals surface area contributed by atoms with Gasteiger partial charge < -0.3 is 19.1 Å². The summed E-state index contributed by atoms with van der Waals surface area (Å²) >= 11 is 0. The van der Waals surface area contributed by atoms with Gasteiger partial charge in [-0.2, -0.15) is 0 Å². The van der Waals surface area contributed by atoms with Crippen LogP contribution in [0.4, 0.5) is 0 Å². The molecule has 1 N–H and O–H groups in total. The summed E-state index contributed by atoms with van der Waals surface area (Å²) in [4.78, 5) is 38.0. The van der Waals surface area contributed by atoms with Gasteiger partial charge in [-0.3, -0.25) is 24.3 Å². The fraction of sp³-hybridized carbons (Fsp3) is 0.500. The number of hydrogen-bond donors (Lipinski definition) is 1. The lowest BCUT2D eigenvalue weighted by molar-refractivity contribution is 0.0363. The van der Waals surface area contributed by atoms with Crippen LogP contribution < -0.4 is 11.0 Å². The molecule has 3 aromatic rings. The van der Waals surface area contributed by atoms with E-state index in [1.165, 1.54) is 4.40 Å². The molecular formula is C24H31N7O3. The summed E-state index contributed by atoms with van der Waals surface area (Å²) in [7, 11) is 0. The van der Waals surface area contributed by atoms with Crippen LogP contribution in [0.1, 0.15) is 17.3 Å². The maximum Gasteiger partial charge on any atom is 0.267 e. The number of aromatic nitrogens is 3. The molecule has 5 heterocycles. The second kappa shape index (κ2) is 9.65. The molecule has 2 fully saturated rings. The molecule has 1 amide bonds. The monoisotopic (exact) mass is 465 g/mol. The Kier molecular flexibility index (Phi) is 6.44. The first-order chi connectivity index (χ1) is 16.6. The lowest BCUT2D eigenvalue weighted by atomic mass is 10.1. The molecule has 2 saturated heterocycles. The number of likely N-dealkylation sites (N-methyl/N-ethyl adjacent to an activating group) is 1. The topological polar surface area (TPSA) is 99.2 Å². The van der Waals surface area contributed by atoms with Crippen LogP contribution in [0.5, 0.6) is 0 Å². The van der Waals surface area contributed by atoms with Crippen molar-refractivity contribution in [1.29, 1.82) is 5.41 Å². The summed E-state index contributed by atoms with van der Waals surface area (Å²) in [5, 5.41) is 9.32. The van der Waals surface area contributed by atoms with Crippen molar-refractivity contribution < 1.29 is 9.53 Å². The van der Waals surface area contributed by atoms with Crippen LogP contribution in [0.25, 0.3) is 16.7 Å². The number of morpholine rings is 1. The maximum absolute atomic E-state index is 13.5. The molecule has 10 heteroatoms. The Hall–Kier alpha value is -3.08. The summed E-state index contributed by atoms with van der Waals surface area (Å²) in [6.45, 7) is 10.1. The Labute approximate surface area is 197 Å². The SMILES string of the molecule is CCN1CCN(C(=O)c2cc3c(=O)n4ccccc4nc3n(CCN3CCOCC3)c2=N)CC1. The van der Waals surface area contributed by atoms with Crippen molar-refractivity contribution in [2.24, 2.45) is 0 Å². The summed E-state index contributed by atoms with van der Waals surface area (Å²) in [5.41, 5.74) is 1.10. The highest BCUT2D eigenvalue weighted by Gasteiger charge is 2.25. The van der Waals surface area contributed by atoms with Crippen LogP contribution >= 0.6 is 0 Å². The number of rotatable bonds is 5. The van der Waals surface area contributed by atoms with E-state index in [1.807, 2.05) is 6.07 Å². The molecule has 0 bridgehead atoms. The molecule has 5 rings (SSSR count). The molecule has 0 aromatic carbocycles. The number of amides is 1. The average Bonchev–Trinajstić information content (AvgIpc) is 2.88. The Morgan fingerprint density at radius 1 is 1.06 bits per heavy atom. The molecule has 0 radical (unpaired) electrons. The van der Waals surface area contributed by atoms with Crippen molar-refractivity contribution in [2.75, 3.05) is 65.6 Å². The molecule has 3 aromatic heterocycles. The first kappa shape index (κ1) is 22.7. The van der Waals surface area contributed by atoms with E-state index < -0.39 is 0 Å². The van der Waals surface area contributed by atoms with Gasteiger partial charge in [-0.15, -0.1) is 0 Å². The zero-order valence-corrected chi connectivity index (χ0v) is 19.6. The lowest BCUT2D eigenvalue weighted by Crippen LogP contribution is -2.49. The Morgan fingerprint density at radius 3 is 2.56 bits per heavy atom. The Balaban J connectivity index is 1.59. The van der Waals surface area contributed by atoms with Crippen LogP contribution in [-0.2, 0) is 11.3 Å². The summed E-state index contributed by atoms with van der Waals surface area (Å²) < 4.78 is 8.67. The smallest absolute Gasteiger partial charge is 0.267 e. The number of carbonyl (C=O) groups excluding carboxylic acids is 1. The second-order valence-corrected chi connectivity index (χ2v) is 8.82. The minimum absolute atomic E-state index is 0.107. The van der Waals surface area contributed by atoms with Crippen LogP contribution in [0.3, 0.4) is 0 Å². The summed E-state index contributed by atoms with van der Waals surface area (Å²) in [6, 6.07) is 6.98. The van der Waals surface area contributed by atoms with Crippen molar-refractivity contribution >= 4 is 22.6 Å². The molecule has 0 spiro atoms. The van der Waals surface area contributed by atoms with Crippen LogP contribution in [0.2, 0.25) is 0 Å². The first-order valence-electron chi connectivity index (χ1n) is 12.0. The van der Waals surface area contributed by atoms with Crippen LogP contribution in [0.15, 0.2) is 35.3 Å². The van der Waals surface area contributed by atoms with Gasteiger partial charge in [-0.25, -0.2) is 4.98 Å². The number of pyridine rings is 2. The molecule has 34 heavy (non-hydrogen) atoms. The molecule has 0 unspecified atom stereocenters. The van der Waals surface area contributed by atoms with E-state index in [0.717, 1.165) is 32.7 Å². The number of nitrogens with zero attached hydrogens (tertiary/aromatic N) is 6. The molecule has 2 aliphatic rings. The van der Waals surface area contributed by atoms with Gasteiger partial charge in [0.1, 0.15) is 16.8 Å². The molecule has 0 aliphatic carbocycles. The van der Waals surface area contributed by atoms with E-state index >= 15 is 0 Å². The zero-order chi connectivity index (χ0) is 23.7. The van der Waals surface area contributed by atoms with Gasteiger partial charge >= 0.3 is 0 Å². The normalized spacial score (nSPS) is 18.1. The fourth-order valence-electron chi connectivity index (χ4n) is 4.77. The minimum Gasteiger partial charge on any atom is -0.379 e. The zero-order valence-electron chi connectivity index (χ0n) is 19.6. The molecule has 0 atom stereocenters. The van der Waals surface area contributed by atoms with E-state index in [9.17, 15) is 9.59 Å². The molecule has 180 valence electrons. The van der Waals surface area contributed by atoms with Crippen molar-refractivity contribution in [3.8, 4) is 0 Å². The average molecular weight is 466 g/mol. The second-order valence-electron chi connectivity index (χ2n) is 8.82. The summed E-state index contributed by atoms with van der Waals surface area (Å²) in [5.74, 6) is -0.194. The van der Waals surface area contributed by atoms with E-state index in [1.54, 1.807) is 33.9 Å². The number of hydrogen-bond acceptors (Lipinski definition) is 7. The van der Waals surface area contributed by atoms with Gasteiger partial charge in [-0.1, -0.05) is 13.0 Å². The molecule has 0 saturated carbocycles. The van der Waals surface area contributed by atoms with E-state index in [4.69, 9.17) is 15.1 Å². The quantitative estimate of drug-likeness (QED) is 0.542. The number of fused-ring (bicyclic) bond motifs is 2. The number of nitrogens with one attached hydrogen (secondary N) is 1. The van der Waals surface area contributed by atoms with E-state index in [2.05, 4.69) is 16.7 Å². The van der Waals surface area contributed by atoms with Crippen molar-refractivity contribution in [2.45, 2.75) is 13.5 Å². The largest absolute Gasteiger partial charge is 0.379 e. The number of carbonyl (C=O) groups is 1. The minimum atomic E-state index is -0.231. The Bertz CT molecular complexity index is 1320. The van der Waals surface area contributed by atoms with Gasteiger partial charge in [0.05, 0.1) is 24.2 Å². The highest BCUT2D eigenvalue weighted by Crippen LogP contribution is 2.13. The standard InChI is InChI=1S/C24H31N7O3/c1-2-27-7-10-29(11-8-27)23(32)18-17-19-22(26-20-5-3-4-6-30(20)24(19)33)31(21(18)25)12-9-28-13-15-34-16-14-28/h3-6,17,25H,2,7-16H2,1H3. The van der Waals surface area contributed by atoms with Crippen molar-refractivity contribution in [3.05, 3.63) is 51.9 Å². The molecule has 10 nitrogen and oxygen atoms in total. The third kappa shape index (κ3) is 4.24. The number of piperazine rings is 1. The van der Waals surface area contributed by atoms with Crippen LogP contribution in [0, 0.1) is 5.41 Å². The predicted molar refractivity (Wildman–Crippen MR) is 128 cm³/mol. The van der Waals surface area contributed by atoms with Gasteiger partial charge in [0.25, 0.3) is 11.5 Å². The third-order valence-corrected chi connectivity index (χ3v) is 6.90. The predicted octanol–water partition coefficient (Wildman–Crippen LogP) is 0.239. The van der Waals surface area contributed by atoms with Gasteiger partial charge in [-0.05, 0) is 24.7 Å². The van der Waals surface area contributed by atoms with Gasteiger partial charge in [0, 0.05) is 58.6 Å². The fourth-order valence-corrected chi connectivity index (χ4v) is 4.77. The van der Waals surface area contributed by atoms with Gasteiger partial charge in [0.2, 0.25) is 0 Å². The van der Waals surface area contributed by atoms with Crippen molar-refractivity contribution in [3.63, 3.8) is 0 Å². The lowest BCUT2D eigenvalue weighted by Gasteiger charge is -2.34. The molecule has 2 aliphatic heterocycles. The van der Waals surface area contributed by atoms with E-state index in [0.29, 0.717) is 56.1 Å². The number of ether oxygens (including phenoxy) is 1. The van der Waals surface area contributed by atoms with Gasteiger partial charge in [0.15, 0.2) is 0 Å². The Morgan fingerprint density at radius 2 is 1.82 bits per heavy atom. The third-order valence-electron chi connectivity index (χ3n) is 6.90. The highest BCUT2D eigenvalue weighted by atomic mass is 16.5. The van der Waals surface area contributed by atoms with E-state index in [-0.39, 0.29) is 22.5 Å². The highest BCUT2D eigenvalue weighted by molar-refractivity contribution is 5.97. The molecular weight excluding hydrogens is 434 g/mol. The van der Waals surface area contributed by atoms with Crippen LogP contribution in [-0.4, -0.2) is 100 Å². The first-order valence-corrected chi connectivity index (χ1v) is 12.0. The van der Waals surface area contributed by atoms with Crippen molar-refractivity contribution in [1.82, 2.24) is 28.7 Å².